The number of halogens is 2. The second-order valence-electron chi connectivity index (χ2n) is 7.17. The average Bonchev–Trinajstić information content (AvgIpc) is 3.49. The van der Waals surface area contributed by atoms with Crippen molar-refractivity contribution in [1.29, 1.82) is 0 Å². The number of allylic oxidation sites excluding steroid dienone is 2. The predicted octanol–water partition coefficient (Wildman–Crippen LogP) is 6.92. The SMILES string of the molecule is O=P(Oc1cc(Br)ccc1C12C=CC(Br)=CC1S2)(c1ccccc1)c1ccccc1. The maximum Gasteiger partial charge on any atom is 0.306 e. The maximum atomic E-state index is 14.4. The maximum absolute atomic E-state index is 14.4. The van der Waals surface area contributed by atoms with E-state index in [2.05, 4.69) is 56.2 Å². The van der Waals surface area contributed by atoms with Crippen LogP contribution in [0.25, 0.3) is 0 Å². The summed E-state index contributed by atoms with van der Waals surface area (Å²) in [5, 5.41) is 1.70. The molecule has 3 aromatic carbocycles. The van der Waals surface area contributed by atoms with Crippen molar-refractivity contribution in [2.75, 3.05) is 0 Å². The van der Waals surface area contributed by atoms with Crippen molar-refractivity contribution in [3.8, 4) is 5.75 Å². The van der Waals surface area contributed by atoms with E-state index in [1.807, 2.05) is 84.6 Å². The normalized spacial score (nSPS) is 22.2. The molecule has 3 aromatic rings. The van der Waals surface area contributed by atoms with Gasteiger partial charge in [0.2, 0.25) is 0 Å². The summed E-state index contributed by atoms with van der Waals surface area (Å²) in [5.74, 6) is 0.645. The summed E-state index contributed by atoms with van der Waals surface area (Å²) in [4.78, 5) is 0. The van der Waals surface area contributed by atoms with Crippen LogP contribution in [0.4, 0.5) is 0 Å². The molecule has 0 bridgehead atoms. The molecule has 1 fully saturated rings. The number of benzene rings is 3. The number of fused-ring (bicyclic) bond motifs is 1. The second kappa shape index (κ2) is 7.87. The smallest absolute Gasteiger partial charge is 0.306 e. The Morgan fingerprint density at radius 3 is 2.13 bits per heavy atom. The van der Waals surface area contributed by atoms with Gasteiger partial charge in [-0.15, -0.1) is 11.8 Å². The third kappa shape index (κ3) is 3.56. The van der Waals surface area contributed by atoms with Gasteiger partial charge in [0.1, 0.15) is 5.75 Å². The van der Waals surface area contributed by atoms with Gasteiger partial charge in [-0.1, -0.05) is 92.6 Å². The minimum absolute atomic E-state index is 0.175. The van der Waals surface area contributed by atoms with Gasteiger partial charge in [-0.05, 0) is 36.4 Å². The zero-order valence-electron chi connectivity index (χ0n) is 15.7. The Balaban J connectivity index is 1.63. The molecule has 2 atom stereocenters. The molecule has 2 aliphatic rings. The highest BCUT2D eigenvalue weighted by atomic mass is 79.9. The molecular formula is C24H17Br2O2PS. The van der Waals surface area contributed by atoms with Crippen molar-refractivity contribution in [3.05, 3.63) is 112 Å². The van der Waals surface area contributed by atoms with E-state index in [0.29, 0.717) is 21.6 Å². The van der Waals surface area contributed by atoms with E-state index in [-0.39, 0.29) is 4.75 Å². The number of hydrogen-bond donors (Lipinski definition) is 0. The van der Waals surface area contributed by atoms with Crippen molar-refractivity contribution in [2.24, 2.45) is 0 Å². The first-order chi connectivity index (χ1) is 14.5. The van der Waals surface area contributed by atoms with Gasteiger partial charge in [0, 0.05) is 19.8 Å². The van der Waals surface area contributed by atoms with Gasteiger partial charge in [0.05, 0.1) is 15.4 Å². The Morgan fingerprint density at radius 2 is 1.53 bits per heavy atom. The van der Waals surface area contributed by atoms with E-state index in [0.717, 1.165) is 14.5 Å². The van der Waals surface area contributed by atoms with Crippen LogP contribution in [0.1, 0.15) is 5.56 Å². The molecule has 2 unspecified atom stereocenters. The molecule has 0 amide bonds. The molecule has 1 saturated heterocycles. The molecule has 0 radical (unpaired) electrons. The molecule has 0 saturated carbocycles. The summed E-state index contributed by atoms with van der Waals surface area (Å²) in [5.41, 5.74) is 1.04. The lowest BCUT2D eigenvalue weighted by Gasteiger charge is -2.24. The van der Waals surface area contributed by atoms with Gasteiger partial charge in [-0.2, -0.15) is 0 Å². The first-order valence-corrected chi connectivity index (χ1v) is 13.6. The van der Waals surface area contributed by atoms with Crippen LogP contribution in [-0.4, -0.2) is 5.25 Å². The summed E-state index contributed by atoms with van der Waals surface area (Å²) in [6, 6.07) is 24.9. The molecule has 1 aliphatic heterocycles. The van der Waals surface area contributed by atoms with Crippen LogP contribution in [-0.2, 0) is 9.31 Å². The Morgan fingerprint density at radius 1 is 0.900 bits per heavy atom. The summed E-state index contributed by atoms with van der Waals surface area (Å²) in [6.07, 6.45) is 6.50. The minimum atomic E-state index is -3.35. The minimum Gasteiger partial charge on any atom is -0.436 e. The fraction of sp³-hybridized carbons (Fsp3) is 0.0833. The Bertz CT molecular complexity index is 1170. The van der Waals surface area contributed by atoms with Crippen molar-refractivity contribution in [3.63, 3.8) is 0 Å². The zero-order chi connectivity index (χ0) is 20.8. The van der Waals surface area contributed by atoms with Crippen molar-refractivity contribution < 1.29 is 9.09 Å². The third-order valence-corrected chi connectivity index (χ3v) is 10.2. The highest BCUT2D eigenvalue weighted by Crippen LogP contribution is 2.67. The van der Waals surface area contributed by atoms with Crippen LogP contribution in [0.3, 0.4) is 0 Å². The Labute approximate surface area is 197 Å². The van der Waals surface area contributed by atoms with E-state index in [1.165, 1.54) is 0 Å². The first-order valence-electron chi connectivity index (χ1n) is 9.47. The molecule has 30 heavy (non-hydrogen) atoms. The fourth-order valence-corrected chi connectivity index (χ4v) is 7.97. The van der Waals surface area contributed by atoms with Gasteiger partial charge in [0.25, 0.3) is 0 Å². The molecule has 1 heterocycles. The number of hydrogen-bond acceptors (Lipinski definition) is 3. The molecular weight excluding hydrogens is 543 g/mol. The number of rotatable bonds is 5. The highest BCUT2D eigenvalue weighted by Gasteiger charge is 2.56. The fourth-order valence-electron chi connectivity index (χ4n) is 3.71. The average molecular weight is 560 g/mol. The number of thioether (sulfide) groups is 1. The molecule has 1 aliphatic carbocycles. The van der Waals surface area contributed by atoms with Crippen molar-refractivity contribution in [2.45, 2.75) is 10.00 Å². The summed E-state index contributed by atoms with van der Waals surface area (Å²) in [6.45, 7) is 0. The van der Waals surface area contributed by atoms with Crippen LogP contribution in [0.2, 0.25) is 0 Å². The van der Waals surface area contributed by atoms with E-state index in [9.17, 15) is 4.57 Å². The quantitative estimate of drug-likeness (QED) is 0.251. The van der Waals surface area contributed by atoms with Crippen LogP contribution in [0, 0.1) is 0 Å². The topological polar surface area (TPSA) is 26.3 Å². The van der Waals surface area contributed by atoms with E-state index in [4.69, 9.17) is 4.52 Å². The van der Waals surface area contributed by atoms with Crippen LogP contribution < -0.4 is 15.1 Å². The predicted molar refractivity (Wildman–Crippen MR) is 134 cm³/mol. The Kier molecular flexibility index (Phi) is 5.35. The largest absolute Gasteiger partial charge is 0.436 e. The van der Waals surface area contributed by atoms with E-state index in [1.54, 1.807) is 0 Å². The molecule has 6 heteroatoms. The second-order valence-corrected chi connectivity index (χ2v) is 12.7. The van der Waals surface area contributed by atoms with Crippen LogP contribution in [0.5, 0.6) is 5.75 Å². The van der Waals surface area contributed by atoms with Gasteiger partial charge in [-0.3, -0.25) is 4.57 Å². The van der Waals surface area contributed by atoms with Crippen LogP contribution in [0.15, 0.2) is 106 Å². The molecule has 0 aromatic heterocycles. The lowest BCUT2D eigenvalue weighted by Crippen LogP contribution is -2.21. The van der Waals surface area contributed by atoms with Crippen molar-refractivity contribution in [1.82, 2.24) is 0 Å². The molecule has 2 nitrogen and oxygen atoms in total. The van der Waals surface area contributed by atoms with Gasteiger partial charge < -0.3 is 4.52 Å². The molecule has 0 N–H and O–H groups in total. The summed E-state index contributed by atoms with van der Waals surface area (Å²) in [7, 11) is -3.35. The lowest BCUT2D eigenvalue weighted by molar-refractivity contribution is 0.498. The van der Waals surface area contributed by atoms with Crippen molar-refractivity contribution >= 4 is 61.6 Å². The Hall–Kier alpha value is -1.52. The standard InChI is InChI=1S/C24H17Br2O2PS/c25-17-11-12-21(24-14-13-18(26)16-23(24)30-24)22(15-17)28-29(27,19-7-3-1-4-8-19)20-9-5-2-6-10-20/h1-16,23H. The van der Waals surface area contributed by atoms with E-state index >= 15 is 0 Å². The summed E-state index contributed by atoms with van der Waals surface area (Å²) < 4.78 is 22.7. The first kappa shape index (κ1) is 20.4. The van der Waals surface area contributed by atoms with Gasteiger partial charge >= 0.3 is 7.37 Å². The lowest BCUT2D eigenvalue weighted by atomic mass is 9.92. The highest BCUT2D eigenvalue weighted by molar-refractivity contribution is 9.12. The molecule has 150 valence electrons. The van der Waals surface area contributed by atoms with Crippen LogP contribution >= 0.6 is 51.0 Å². The van der Waals surface area contributed by atoms with Gasteiger partial charge in [-0.25, -0.2) is 0 Å². The van der Waals surface area contributed by atoms with Gasteiger partial charge in [0.15, 0.2) is 0 Å². The molecule has 0 spiro atoms. The zero-order valence-corrected chi connectivity index (χ0v) is 20.6. The third-order valence-electron chi connectivity index (χ3n) is 5.27. The van der Waals surface area contributed by atoms with E-state index < -0.39 is 7.37 Å². The monoisotopic (exact) mass is 558 g/mol. The molecule has 5 rings (SSSR count). The summed E-state index contributed by atoms with van der Waals surface area (Å²) >= 11 is 9.00.